The Balaban J connectivity index is 3.76. The minimum absolute atomic E-state index is 0.300. The Kier molecular flexibility index (Phi) is 33.9. The van der Waals surface area contributed by atoms with Crippen molar-refractivity contribution in [3.63, 3.8) is 0 Å². The van der Waals surface area contributed by atoms with E-state index in [4.69, 9.17) is 15.5 Å². The van der Waals surface area contributed by atoms with Crippen LogP contribution in [0.1, 0.15) is 194 Å². The van der Waals surface area contributed by atoms with E-state index in [1.54, 1.807) is 0 Å². The molecular weight excluding hydrogens is 480 g/mol. The summed E-state index contributed by atoms with van der Waals surface area (Å²) in [6.07, 6.45) is 36.1. The zero-order chi connectivity index (χ0) is 28.5. The summed E-state index contributed by atoms with van der Waals surface area (Å²) in [7, 11) is 0. The molecule has 0 amide bonds. The lowest BCUT2D eigenvalue weighted by molar-refractivity contribution is -0.327. The summed E-state index contributed by atoms with van der Waals surface area (Å²) >= 11 is 0. The second kappa shape index (κ2) is 34.0. The maximum atomic E-state index is 5.99. The van der Waals surface area contributed by atoms with Crippen molar-refractivity contribution >= 4 is 0 Å². The molecule has 236 valence electrons. The first-order valence-corrected chi connectivity index (χ1v) is 18.0. The van der Waals surface area contributed by atoms with Crippen molar-refractivity contribution in [2.75, 3.05) is 26.4 Å². The molecule has 0 heterocycles. The molecule has 0 aliphatic carbocycles. The lowest BCUT2D eigenvalue weighted by Crippen LogP contribution is -2.31. The Hall–Kier alpha value is -0.160. The van der Waals surface area contributed by atoms with Crippen LogP contribution in [0.2, 0.25) is 0 Å². The van der Waals surface area contributed by atoms with Crippen LogP contribution < -0.4 is 5.73 Å². The van der Waals surface area contributed by atoms with Crippen molar-refractivity contribution in [1.82, 2.24) is 4.90 Å². The average Bonchev–Trinajstić information content (AvgIpc) is 2.95. The van der Waals surface area contributed by atoms with Crippen molar-refractivity contribution in [2.45, 2.75) is 200 Å². The first-order chi connectivity index (χ1) is 19.3. The number of nitrogens with zero attached hydrogens (tertiary/aromatic N) is 1. The molecule has 0 aromatic rings. The van der Waals surface area contributed by atoms with E-state index in [0.29, 0.717) is 12.8 Å². The van der Waals surface area contributed by atoms with Crippen LogP contribution in [0.15, 0.2) is 0 Å². The van der Waals surface area contributed by atoms with Crippen molar-refractivity contribution < 1.29 is 9.78 Å². The minimum atomic E-state index is 0.300. The third kappa shape index (κ3) is 30.6. The van der Waals surface area contributed by atoms with Crippen molar-refractivity contribution in [1.29, 1.82) is 0 Å². The van der Waals surface area contributed by atoms with Crippen LogP contribution in [-0.2, 0) is 9.78 Å². The Morgan fingerprint density at radius 2 is 0.821 bits per heavy atom. The van der Waals surface area contributed by atoms with Gasteiger partial charge in [-0.2, -0.15) is 0 Å². The molecule has 0 aliphatic heterocycles. The quantitative estimate of drug-likeness (QED) is 0.0372. The van der Waals surface area contributed by atoms with E-state index in [1.165, 1.54) is 180 Å². The van der Waals surface area contributed by atoms with Gasteiger partial charge in [0.25, 0.3) is 0 Å². The first kappa shape index (κ1) is 38.8. The maximum absolute atomic E-state index is 5.99. The van der Waals surface area contributed by atoms with Crippen LogP contribution in [0.4, 0.5) is 0 Å². The van der Waals surface area contributed by atoms with E-state index in [-0.39, 0.29) is 0 Å². The molecule has 0 aromatic carbocycles. The van der Waals surface area contributed by atoms with Crippen LogP contribution in [0.3, 0.4) is 0 Å². The predicted molar refractivity (Wildman–Crippen MR) is 173 cm³/mol. The molecule has 0 bridgehead atoms. The third-order valence-corrected chi connectivity index (χ3v) is 8.25. The van der Waals surface area contributed by atoms with E-state index >= 15 is 0 Å². The smallest absolute Gasteiger partial charge is 0.0930 e. The summed E-state index contributed by atoms with van der Waals surface area (Å²) in [6, 6.07) is 0. The third-order valence-electron chi connectivity index (χ3n) is 8.25. The molecule has 0 saturated carbocycles. The fourth-order valence-electron chi connectivity index (χ4n) is 5.48. The highest BCUT2D eigenvalue weighted by Crippen LogP contribution is 2.17. The first-order valence-electron chi connectivity index (χ1n) is 18.0. The second-order valence-corrected chi connectivity index (χ2v) is 12.2. The summed E-state index contributed by atoms with van der Waals surface area (Å²) in [6.45, 7) is 10.7. The monoisotopic (exact) mass is 555 g/mol. The van der Waals surface area contributed by atoms with Crippen molar-refractivity contribution in [3.8, 4) is 0 Å². The SMILES string of the molecule is CCCCCCCCCN(CN)CCCCCCCCOOC(CCCCCCCC)CCCCCCCC. The predicted octanol–water partition coefficient (Wildman–Crippen LogP) is 11.1. The van der Waals surface area contributed by atoms with Gasteiger partial charge in [0, 0.05) is 6.67 Å². The van der Waals surface area contributed by atoms with Gasteiger partial charge in [0.2, 0.25) is 0 Å². The Bertz CT molecular complexity index is 419. The zero-order valence-electron chi connectivity index (χ0n) is 27.3. The summed E-state index contributed by atoms with van der Waals surface area (Å²) in [4.78, 5) is 14.1. The van der Waals surface area contributed by atoms with Crippen LogP contribution in [0.25, 0.3) is 0 Å². The fourth-order valence-corrected chi connectivity index (χ4v) is 5.48. The second-order valence-electron chi connectivity index (χ2n) is 12.2. The summed E-state index contributed by atoms with van der Waals surface area (Å²) in [5, 5.41) is 0. The molecule has 39 heavy (non-hydrogen) atoms. The fraction of sp³-hybridized carbons (Fsp3) is 1.00. The van der Waals surface area contributed by atoms with Gasteiger partial charge in [-0.3, -0.25) is 4.90 Å². The van der Waals surface area contributed by atoms with E-state index in [2.05, 4.69) is 25.7 Å². The topological polar surface area (TPSA) is 47.7 Å². The van der Waals surface area contributed by atoms with Crippen LogP contribution in [-0.4, -0.2) is 37.4 Å². The van der Waals surface area contributed by atoms with Crippen LogP contribution >= 0.6 is 0 Å². The maximum Gasteiger partial charge on any atom is 0.0930 e. The molecule has 0 saturated heterocycles. The van der Waals surface area contributed by atoms with Gasteiger partial charge in [-0.25, -0.2) is 9.78 Å². The normalized spacial score (nSPS) is 11.8. The molecule has 2 N–H and O–H groups in total. The lowest BCUT2D eigenvalue weighted by Gasteiger charge is -2.20. The standard InChI is InChI=1S/C35H74N2O2/c1-4-7-10-13-16-21-26-31-37(34-36)32-27-22-17-18-23-28-33-38-39-35(29-24-19-14-11-8-5-2)30-25-20-15-12-9-6-3/h35H,4-34,36H2,1-3H3. The largest absolute Gasteiger partial charge is 0.318 e. The Labute approximate surface area is 246 Å². The molecule has 0 aliphatic rings. The number of nitrogens with two attached hydrogens (primary N) is 1. The molecule has 0 aromatic heterocycles. The van der Waals surface area contributed by atoms with Gasteiger partial charge in [-0.15, -0.1) is 0 Å². The Morgan fingerprint density at radius 1 is 0.462 bits per heavy atom. The van der Waals surface area contributed by atoms with Crippen LogP contribution in [0, 0.1) is 0 Å². The van der Waals surface area contributed by atoms with E-state index in [1.807, 2.05) is 0 Å². The van der Waals surface area contributed by atoms with E-state index < -0.39 is 0 Å². The van der Waals surface area contributed by atoms with Gasteiger partial charge in [0.05, 0.1) is 12.7 Å². The van der Waals surface area contributed by atoms with Crippen molar-refractivity contribution in [2.24, 2.45) is 5.73 Å². The zero-order valence-corrected chi connectivity index (χ0v) is 27.3. The van der Waals surface area contributed by atoms with Gasteiger partial charge in [0.1, 0.15) is 0 Å². The molecule has 0 unspecified atom stereocenters. The molecule has 4 heteroatoms. The number of hydrogen-bond acceptors (Lipinski definition) is 4. The van der Waals surface area contributed by atoms with Gasteiger partial charge in [-0.1, -0.05) is 162 Å². The summed E-state index contributed by atoms with van der Waals surface area (Å²) in [5.41, 5.74) is 5.99. The number of unbranched alkanes of at least 4 members (excludes halogenated alkanes) is 21. The highest BCUT2D eigenvalue weighted by atomic mass is 17.2. The number of rotatable bonds is 34. The van der Waals surface area contributed by atoms with Gasteiger partial charge >= 0.3 is 0 Å². The highest BCUT2D eigenvalue weighted by Gasteiger charge is 2.10. The highest BCUT2D eigenvalue weighted by molar-refractivity contribution is 4.59. The summed E-state index contributed by atoms with van der Waals surface area (Å²) < 4.78 is 0. The molecule has 4 nitrogen and oxygen atoms in total. The lowest BCUT2D eigenvalue weighted by atomic mass is 10.0. The summed E-state index contributed by atoms with van der Waals surface area (Å²) in [5.74, 6) is 0. The molecule has 0 fully saturated rings. The van der Waals surface area contributed by atoms with E-state index in [0.717, 1.165) is 13.0 Å². The molecule has 0 atom stereocenters. The van der Waals surface area contributed by atoms with Gasteiger partial charge in [0.15, 0.2) is 0 Å². The van der Waals surface area contributed by atoms with E-state index in [9.17, 15) is 0 Å². The van der Waals surface area contributed by atoms with Crippen LogP contribution in [0.5, 0.6) is 0 Å². The van der Waals surface area contributed by atoms with Gasteiger partial charge in [-0.05, 0) is 45.2 Å². The molecule has 0 spiro atoms. The minimum Gasteiger partial charge on any atom is -0.318 e. The molecule has 0 radical (unpaired) electrons. The molecular formula is C35H74N2O2. The number of hydrogen-bond donors (Lipinski definition) is 1. The molecule has 0 rings (SSSR count). The Morgan fingerprint density at radius 3 is 1.23 bits per heavy atom. The van der Waals surface area contributed by atoms with Gasteiger partial charge < -0.3 is 5.73 Å². The van der Waals surface area contributed by atoms with Crippen molar-refractivity contribution in [3.05, 3.63) is 0 Å². The average molecular weight is 555 g/mol.